The number of benzene rings is 1. The second-order valence-electron chi connectivity index (χ2n) is 5.21. The van der Waals surface area contributed by atoms with Gasteiger partial charge in [-0.1, -0.05) is 30.8 Å². The predicted octanol–water partition coefficient (Wildman–Crippen LogP) is 2.29. The molecule has 0 unspecified atom stereocenters. The molecule has 1 aromatic carbocycles. The Morgan fingerprint density at radius 3 is 2.61 bits per heavy atom. The summed E-state index contributed by atoms with van der Waals surface area (Å²) in [4.78, 5) is 36.7. The Balaban J connectivity index is 1.81. The molecule has 1 aliphatic heterocycles. The van der Waals surface area contributed by atoms with Gasteiger partial charge < -0.3 is 15.0 Å². The fourth-order valence-electron chi connectivity index (χ4n) is 2.08. The van der Waals surface area contributed by atoms with Crippen molar-refractivity contribution in [3.63, 3.8) is 0 Å². The molecule has 0 spiro atoms. The third-order valence-corrected chi connectivity index (χ3v) is 4.36. The molecular weight excluding hydrogens is 316 g/mol. The van der Waals surface area contributed by atoms with Crippen LogP contribution >= 0.6 is 11.8 Å². The summed E-state index contributed by atoms with van der Waals surface area (Å²) in [5.41, 5.74) is 1.83. The van der Waals surface area contributed by atoms with Crippen LogP contribution in [-0.4, -0.2) is 47.0 Å². The summed E-state index contributed by atoms with van der Waals surface area (Å²) in [6.07, 6.45) is 0.00848. The normalized spacial score (nSPS) is 15.4. The number of anilines is 1. The Kier molecular flexibility index (Phi) is 6.04. The number of ether oxygens (including phenoxy) is 1. The summed E-state index contributed by atoms with van der Waals surface area (Å²) >= 11 is 1.18. The molecule has 1 atom stereocenters. The number of carbonyl (C=O) groups is 3. The highest BCUT2D eigenvalue weighted by atomic mass is 32.2. The smallest absolute Gasteiger partial charge is 0.326 e. The van der Waals surface area contributed by atoms with Crippen molar-refractivity contribution in [1.29, 1.82) is 0 Å². The van der Waals surface area contributed by atoms with E-state index < -0.39 is 18.0 Å². The van der Waals surface area contributed by atoms with Crippen LogP contribution in [0, 0.1) is 0 Å². The fraction of sp³-hybridized carbons (Fsp3) is 0.438. The molecule has 1 aromatic rings. The van der Waals surface area contributed by atoms with E-state index in [1.54, 1.807) is 0 Å². The number of rotatable bonds is 6. The van der Waals surface area contributed by atoms with Crippen molar-refractivity contribution in [3.8, 4) is 0 Å². The molecule has 0 saturated carbocycles. The number of carbonyl (C=O) groups excluding carboxylic acids is 3. The second kappa shape index (κ2) is 8.01. The SMILES string of the molecule is CCc1ccc(NC(=O)[C@H](C)OC(=O)CN2CCSC2=O)cc1. The first-order chi connectivity index (χ1) is 11.0. The number of hydrogen-bond donors (Lipinski definition) is 1. The summed E-state index contributed by atoms with van der Waals surface area (Å²) in [5.74, 6) is -0.301. The molecule has 1 N–H and O–H groups in total. The Morgan fingerprint density at radius 1 is 1.35 bits per heavy atom. The minimum atomic E-state index is -0.918. The number of aryl methyl sites for hydroxylation is 1. The van der Waals surface area contributed by atoms with Crippen LogP contribution in [0.3, 0.4) is 0 Å². The van der Waals surface area contributed by atoms with Gasteiger partial charge in [0.25, 0.3) is 11.1 Å². The lowest BCUT2D eigenvalue weighted by atomic mass is 10.1. The van der Waals surface area contributed by atoms with Crippen LogP contribution in [0.2, 0.25) is 0 Å². The van der Waals surface area contributed by atoms with Crippen molar-refractivity contribution in [2.45, 2.75) is 26.4 Å². The van der Waals surface area contributed by atoms with Gasteiger partial charge >= 0.3 is 5.97 Å². The monoisotopic (exact) mass is 336 g/mol. The van der Waals surface area contributed by atoms with Gasteiger partial charge in [-0.25, -0.2) is 0 Å². The average Bonchev–Trinajstić information content (AvgIpc) is 2.93. The maximum atomic E-state index is 12.0. The lowest BCUT2D eigenvalue weighted by Crippen LogP contribution is -2.36. The molecule has 1 fully saturated rings. The van der Waals surface area contributed by atoms with Crippen molar-refractivity contribution in [2.24, 2.45) is 0 Å². The summed E-state index contributed by atoms with van der Waals surface area (Å²) in [7, 11) is 0. The van der Waals surface area contributed by atoms with Crippen LogP contribution in [0.25, 0.3) is 0 Å². The zero-order valence-electron chi connectivity index (χ0n) is 13.2. The van der Waals surface area contributed by atoms with Gasteiger partial charge in [0, 0.05) is 18.0 Å². The largest absolute Gasteiger partial charge is 0.451 e. The Bertz CT molecular complexity index is 588. The van der Waals surface area contributed by atoms with Crippen LogP contribution in [0.15, 0.2) is 24.3 Å². The Labute approximate surface area is 139 Å². The van der Waals surface area contributed by atoms with Crippen molar-refractivity contribution < 1.29 is 19.1 Å². The van der Waals surface area contributed by atoms with Crippen LogP contribution in [0.1, 0.15) is 19.4 Å². The molecule has 0 aromatic heterocycles. The maximum Gasteiger partial charge on any atom is 0.326 e. The first-order valence-electron chi connectivity index (χ1n) is 7.50. The number of nitrogens with one attached hydrogen (secondary N) is 1. The van der Waals surface area contributed by atoms with Gasteiger partial charge in [0.05, 0.1) is 0 Å². The molecule has 1 aliphatic rings. The maximum absolute atomic E-state index is 12.0. The number of hydrogen-bond acceptors (Lipinski definition) is 5. The lowest BCUT2D eigenvalue weighted by Gasteiger charge is -2.17. The lowest BCUT2D eigenvalue weighted by molar-refractivity contribution is -0.153. The molecule has 2 amide bonds. The quantitative estimate of drug-likeness (QED) is 0.807. The summed E-state index contributed by atoms with van der Waals surface area (Å²) in [5, 5.41) is 2.57. The highest BCUT2D eigenvalue weighted by Gasteiger charge is 2.26. The van der Waals surface area contributed by atoms with E-state index in [1.165, 1.54) is 29.1 Å². The molecular formula is C16H20N2O4S. The molecule has 0 bridgehead atoms. The van der Waals surface area contributed by atoms with Crippen molar-refractivity contribution in [2.75, 3.05) is 24.2 Å². The third-order valence-electron chi connectivity index (χ3n) is 3.47. The van der Waals surface area contributed by atoms with Crippen LogP contribution < -0.4 is 5.32 Å². The zero-order chi connectivity index (χ0) is 16.8. The topological polar surface area (TPSA) is 75.7 Å². The van der Waals surface area contributed by atoms with Gasteiger partial charge in [-0.2, -0.15) is 0 Å². The molecule has 6 nitrogen and oxygen atoms in total. The standard InChI is InChI=1S/C16H20N2O4S/c1-3-12-4-6-13(7-5-12)17-15(20)11(2)22-14(19)10-18-8-9-23-16(18)21/h4-7,11H,3,8-10H2,1-2H3,(H,17,20)/t11-/m0/s1. The molecule has 0 aliphatic carbocycles. The Hall–Kier alpha value is -2.02. The molecule has 7 heteroatoms. The Morgan fingerprint density at radius 2 is 2.04 bits per heavy atom. The third kappa shape index (κ3) is 4.99. The highest BCUT2D eigenvalue weighted by Crippen LogP contribution is 2.17. The van der Waals surface area contributed by atoms with E-state index in [0.717, 1.165) is 6.42 Å². The molecule has 0 radical (unpaired) electrons. The molecule has 1 heterocycles. The second-order valence-corrected chi connectivity index (χ2v) is 6.25. The van der Waals surface area contributed by atoms with E-state index in [9.17, 15) is 14.4 Å². The first kappa shape index (κ1) is 17.3. The fourth-order valence-corrected chi connectivity index (χ4v) is 2.91. The summed E-state index contributed by atoms with van der Waals surface area (Å²) < 4.78 is 5.09. The number of thioether (sulfide) groups is 1. The van der Waals surface area contributed by atoms with E-state index >= 15 is 0 Å². The molecule has 1 saturated heterocycles. The molecule has 2 rings (SSSR count). The molecule has 124 valence electrons. The van der Waals surface area contributed by atoms with E-state index in [4.69, 9.17) is 4.74 Å². The number of nitrogens with zero attached hydrogens (tertiary/aromatic N) is 1. The van der Waals surface area contributed by atoms with Crippen LogP contribution in [0.4, 0.5) is 10.5 Å². The summed E-state index contributed by atoms with van der Waals surface area (Å²) in [6.45, 7) is 3.98. The predicted molar refractivity (Wildman–Crippen MR) is 89.4 cm³/mol. The number of amides is 2. The van der Waals surface area contributed by atoms with Gasteiger partial charge in [0.15, 0.2) is 6.10 Å². The minimum Gasteiger partial charge on any atom is -0.451 e. The zero-order valence-corrected chi connectivity index (χ0v) is 14.0. The van der Waals surface area contributed by atoms with E-state index in [0.29, 0.717) is 18.0 Å². The van der Waals surface area contributed by atoms with Crippen molar-refractivity contribution >= 4 is 34.6 Å². The van der Waals surface area contributed by atoms with Gasteiger partial charge in [-0.05, 0) is 31.0 Å². The highest BCUT2D eigenvalue weighted by molar-refractivity contribution is 8.13. The van der Waals surface area contributed by atoms with Crippen LogP contribution in [-0.2, 0) is 20.7 Å². The van der Waals surface area contributed by atoms with Gasteiger partial charge in [-0.3, -0.25) is 14.4 Å². The number of esters is 1. The van der Waals surface area contributed by atoms with E-state index in [2.05, 4.69) is 12.2 Å². The van der Waals surface area contributed by atoms with Crippen molar-refractivity contribution in [3.05, 3.63) is 29.8 Å². The molecule has 23 heavy (non-hydrogen) atoms. The van der Waals surface area contributed by atoms with Gasteiger partial charge in [0.1, 0.15) is 6.54 Å². The van der Waals surface area contributed by atoms with E-state index in [1.807, 2.05) is 24.3 Å². The van der Waals surface area contributed by atoms with Gasteiger partial charge in [0.2, 0.25) is 0 Å². The van der Waals surface area contributed by atoms with E-state index in [-0.39, 0.29) is 11.8 Å². The minimum absolute atomic E-state index is 0.116. The average molecular weight is 336 g/mol. The first-order valence-corrected chi connectivity index (χ1v) is 8.49. The van der Waals surface area contributed by atoms with Gasteiger partial charge in [-0.15, -0.1) is 0 Å². The summed E-state index contributed by atoms with van der Waals surface area (Å²) in [6, 6.07) is 7.49. The van der Waals surface area contributed by atoms with Crippen molar-refractivity contribution in [1.82, 2.24) is 4.90 Å². The van der Waals surface area contributed by atoms with Crippen LogP contribution in [0.5, 0.6) is 0 Å².